The number of nitrogens with zero attached hydrogens (tertiary/aromatic N) is 2. The first-order chi connectivity index (χ1) is 11.5. The highest BCUT2D eigenvalue weighted by Gasteiger charge is 2.41. The molecule has 0 spiro atoms. The maximum Gasteiger partial charge on any atom is 0.490 e. The quantitative estimate of drug-likeness (QED) is 0.696. The van der Waals surface area contributed by atoms with Crippen molar-refractivity contribution in [3.05, 3.63) is 0 Å². The number of hydrogen-bond acceptors (Lipinski definition) is 4. The van der Waals surface area contributed by atoms with E-state index in [1.165, 1.54) is 4.90 Å². The van der Waals surface area contributed by atoms with Crippen molar-refractivity contribution < 1.29 is 33.0 Å². The third-order valence-corrected chi connectivity index (χ3v) is 5.06. The summed E-state index contributed by atoms with van der Waals surface area (Å²) in [5.41, 5.74) is 0.257. The smallest absolute Gasteiger partial charge is 0.480 e. The molecule has 0 aromatic heterocycles. The van der Waals surface area contributed by atoms with Crippen LogP contribution < -0.4 is 0 Å². The number of carboxylic acid groups (broad SMARTS) is 2. The topological polar surface area (TPSA) is 102 Å². The monoisotopic (exact) mass is 366 g/mol. The highest BCUT2D eigenvalue weighted by molar-refractivity contribution is 5.74. The van der Waals surface area contributed by atoms with Crippen LogP contribution in [0.4, 0.5) is 13.2 Å². The van der Waals surface area contributed by atoms with Crippen molar-refractivity contribution >= 4 is 11.9 Å². The van der Waals surface area contributed by atoms with Gasteiger partial charge < -0.3 is 10.2 Å². The molecule has 0 radical (unpaired) electrons. The highest BCUT2D eigenvalue weighted by Crippen LogP contribution is 2.40. The normalized spacial score (nSPS) is 20.4. The van der Waals surface area contributed by atoms with Gasteiger partial charge in [0.25, 0.3) is 0 Å². The first-order valence-electron chi connectivity index (χ1n) is 8.18. The lowest BCUT2D eigenvalue weighted by Gasteiger charge is -2.35. The van der Waals surface area contributed by atoms with E-state index in [0.29, 0.717) is 6.42 Å². The molecule has 2 N–H and O–H groups in total. The van der Waals surface area contributed by atoms with Gasteiger partial charge in [-0.2, -0.15) is 18.4 Å². The second kappa shape index (κ2) is 9.49. The van der Waals surface area contributed by atoms with Crippen LogP contribution in [0.1, 0.15) is 59.3 Å². The highest BCUT2D eigenvalue weighted by atomic mass is 19.4. The molecule has 25 heavy (non-hydrogen) atoms. The van der Waals surface area contributed by atoms with E-state index >= 15 is 0 Å². The second-order valence-electron chi connectivity index (χ2n) is 6.16. The van der Waals surface area contributed by atoms with Crippen LogP contribution in [-0.2, 0) is 9.59 Å². The van der Waals surface area contributed by atoms with E-state index in [9.17, 15) is 23.2 Å². The predicted molar refractivity (Wildman–Crippen MR) is 83.5 cm³/mol. The van der Waals surface area contributed by atoms with Gasteiger partial charge in [0.15, 0.2) is 6.19 Å². The largest absolute Gasteiger partial charge is 0.490 e. The van der Waals surface area contributed by atoms with Gasteiger partial charge in [-0.25, -0.2) is 9.59 Å². The van der Waals surface area contributed by atoms with Crippen LogP contribution in [0.25, 0.3) is 0 Å². The van der Waals surface area contributed by atoms with Gasteiger partial charge in [-0.05, 0) is 24.7 Å². The van der Waals surface area contributed by atoms with Crippen molar-refractivity contribution in [1.29, 1.82) is 5.26 Å². The van der Waals surface area contributed by atoms with E-state index in [2.05, 4.69) is 27.0 Å². The molecule has 9 heteroatoms. The van der Waals surface area contributed by atoms with E-state index in [1.807, 2.05) is 0 Å². The summed E-state index contributed by atoms with van der Waals surface area (Å²) >= 11 is 0. The molecule has 0 amide bonds. The van der Waals surface area contributed by atoms with Crippen LogP contribution in [0.5, 0.6) is 0 Å². The third kappa shape index (κ3) is 6.44. The summed E-state index contributed by atoms with van der Waals surface area (Å²) in [7, 11) is 0. The zero-order valence-electron chi connectivity index (χ0n) is 14.6. The van der Waals surface area contributed by atoms with Crippen LogP contribution in [-0.4, -0.2) is 45.3 Å². The van der Waals surface area contributed by atoms with Crippen molar-refractivity contribution in [2.45, 2.75) is 77.6 Å². The lowest BCUT2D eigenvalue weighted by atomic mass is 9.74. The molecule has 0 aromatic rings. The first kappa shape index (κ1) is 23.0. The summed E-state index contributed by atoms with van der Waals surface area (Å²) < 4.78 is 31.7. The Morgan fingerprint density at radius 1 is 1.12 bits per heavy atom. The van der Waals surface area contributed by atoms with Crippen LogP contribution in [0, 0.1) is 16.9 Å². The molecule has 2 atom stereocenters. The fourth-order valence-corrected chi connectivity index (χ4v) is 3.16. The summed E-state index contributed by atoms with van der Waals surface area (Å²) in [5, 5.41) is 25.4. The van der Waals surface area contributed by atoms with E-state index in [-0.39, 0.29) is 11.5 Å². The van der Waals surface area contributed by atoms with Crippen LogP contribution in [0.3, 0.4) is 0 Å². The lowest BCUT2D eigenvalue weighted by molar-refractivity contribution is -0.192. The zero-order chi connectivity index (χ0) is 19.8. The van der Waals surface area contributed by atoms with E-state index < -0.39 is 24.2 Å². The predicted octanol–water partition coefficient (Wildman–Crippen LogP) is 3.62. The molecule has 1 aliphatic rings. The van der Waals surface area contributed by atoms with Gasteiger partial charge in [0.1, 0.15) is 6.04 Å². The number of alkyl halides is 3. The molecule has 0 aromatic carbocycles. The summed E-state index contributed by atoms with van der Waals surface area (Å²) in [6.45, 7) is 6.56. The molecule has 0 aliphatic carbocycles. The molecule has 1 fully saturated rings. The average molecular weight is 366 g/mol. The fourth-order valence-electron chi connectivity index (χ4n) is 3.16. The number of aliphatic carboxylic acids is 2. The maximum atomic E-state index is 11.1. The minimum Gasteiger partial charge on any atom is -0.480 e. The Morgan fingerprint density at radius 3 is 1.84 bits per heavy atom. The van der Waals surface area contributed by atoms with Crippen molar-refractivity contribution in [2.75, 3.05) is 0 Å². The van der Waals surface area contributed by atoms with Crippen molar-refractivity contribution in [3.63, 3.8) is 0 Å². The summed E-state index contributed by atoms with van der Waals surface area (Å²) in [6, 6.07) is -0.501. The zero-order valence-corrected chi connectivity index (χ0v) is 14.6. The molecule has 2 unspecified atom stereocenters. The Kier molecular flexibility index (Phi) is 8.74. The molecular formula is C16H25F3N2O4. The minimum absolute atomic E-state index is 0.107. The third-order valence-electron chi connectivity index (χ3n) is 5.06. The summed E-state index contributed by atoms with van der Waals surface area (Å²) in [5.74, 6) is -3.62. The first-order valence-corrected chi connectivity index (χ1v) is 8.18. The molecule has 1 rings (SSSR count). The van der Waals surface area contributed by atoms with Crippen LogP contribution >= 0.6 is 0 Å². The molecule has 144 valence electrons. The number of carbonyl (C=O) groups is 2. The van der Waals surface area contributed by atoms with E-state index in [4.69, 9.17) is 15.0 Å². The number of hydrogen-bond donors (Lipinski definition) is 2. The molecule has 0 bridgehead atoms. The maximum absolute atomic E-state index is 11.1. The Morgan fingerprint density at radius 2 is 1.56 bits per heavy atom. The van der Waals surface area contributed by atoms with Crippen molar-refractivity contribution in [2.24, 2.45) is 5.41 Å². The number of nitriles is 1. The Bertz CT molecular complexity index is 490. The van der Waals surface area contributed by atoms with Gasteiger partial charge in [0.05, 0.1) is 0 Å². The molecule has 1 saturated heterocycles. The van der Waals surface area contributed by atoms with Gasteiger partial charge in [-0.15, -0.1) is 0 Å². The van der Waals surface area contributed by atoms with Crippen molar-refractivity contribution in [3.8, 4) is 6.19 Å². The molecule has 1 heterocycles. The van der Waals surface area contributed by atoms with Crippen LogP contribution in [0.15, 0.2) is 0 Å². The van der Waals surface area contributed by atoms with Gasteiger partial charge in [-0.3, -0.25) is 4.90 Å². The second-order valence-corrected chi connectivity index (χ2v) is 6.16. The molecular weight excluding hydrogens is 341 g/mol. The molecule has 6 nitrogen and oxygen atoms in total. The Hall–Kier alpha value is -1.98. The average Bonchev–Trinajstić information content (AvgIpc) is 2.95. The van der Waals surface area contributed by atoms with Gasteiger partial charge in [-0.1, -0.05) is 40.0 Å². The molecule has 0 saturated carbocycles. The summed E-state index contributed by atoms with van der Waals surface area (Å²) in [4.78, 5) is 21.5. The summed E-state index contributed by atoms with van der Waals surface area (Å²) in [6.07, 6.45) is 2.64. The SMILES string of the molecule is CCC(CC)(CC)CC1CCC(C(=O)O)N1C#N.O=C(O)C(F)(F)F. The van der Waals surface area contributed by atoms with E-state index in [0.717, 1.165) is 32.1 Å². The minimum atomic E-state index is -5.08. The Balaban J connectivity index is 0.000000697. The Labute approximate surface area is 145 Å². The lowest BCUT2D eigenvalue weighted by Crippen LogP contribution is -2.39. The van der Waals surface area contributed by atoms with Gasteiger partial charge in [0.2, 0.25) is 0 Å². The number of likely N-dealkylation sites (tertiary alicyclic amines) is 1. The number of halogens is 3. The molecule has 1 aliphatic heterocycles. The fraction of sp³-hybridized carbons (Fsp3) is 0.812. The number of carboxylic acids is 2. The van der Waals surface area contributed by atoms with E-state index in [1.54, 1.807) is 0 Å². The standard InChI is InChI=1S/C14H24N2O2.C2HF3O2/c1-4-14(5-2,6-3)9-11-7-8-12(13(17)18)16(11)10-15;3-2(4,5)1(6)7/h11-12H,4-9H2,1-3H3,(H,17,18);(H,6,7). The van der Waals surface area contributed by atoms with Gasteiger partial charge in [0, 0.05) is 6.04 Å². The van der Waals surface area contributed by atoms with Crippen molar-refractivity contribution in [1.82, 2.24) is 4.90 Å². The van der Waals surface area contributed by atoms with Gasteiger partial charge >= 0.3 is 18.1 Å². The van der Waals surface area contributed by atoms with Crippen LogP contribution in [0.2, 0.25) is 0 Å². The number of rotatable bonds is 6.